The third-order valence-corrected chi connectivity index (χ3v) is 11.1. The van der Waals surface area contributed by atoms with Crippen LogP contribution >= 0.6 is 15.6 Å². The fourth-order valence-electron chi connectivity index (χ4n) is 6.90. The van der Waals surface area contributed by atoms with Gasteiger partial charge in [0.2, 0.25) is 0 Å². The highest BCUT2D eigenvalue weighted by Crippen LogP contribution is 2.45. The Hall–Kier alpha value is -1.60. The van der Waals surface area contributed by atoms with E-state index < -0.39 is 189 Å². The smallest absolute Gasteiger partial charge is 0.470 e. The fraction of sp³-hybridized carbons (Fsp3) is 0.929. The van der Waals surface area contributed by atoms with Crippen molar-refractivity contribution in [2.24, 2.45) is 11.5 Å². The van der Waals surface area contributed by atoms with Crippen molar-refractivity contribution in [3.63, 3.8) is 0 Å². The Balaban J connectivity index is 1.67. The van der Waals surface area contributed by atoms with Crippen LogP contribution in [0.15, 0.2) is 0 Å². The number of ether oxygens (including phenoxy) is 7. The van der Waals surface area contributed by atoms with E-state index in [1.54, 1.807) is 0 Å². The molecule has 4 aliphatic rings. The number of phosphoric acid groups is 2. The quantitative estimate of drug-likeness (QED) is 0.0567. The number of carboxylic acid groups (broad SMARTS) is 2. The van der Waals surface area contributed by atoms with Crippen molar-refractivity contribution in [2.75, 3.05) is 26.4 Å². The standard InChI is InChI=1S/C28H50N2O29P2/c29-13-18(38)16(36)11(53-23(13)40)5-51-24-14(30)19(39)22(59-61(48,49)50)12(54-24)6-52-27(25(41)42)2-9(17(37)20(56-27)8(34)3-31)55-28(26(43)44)1-7(33)15(35)21(57-28)10(4-32)58-60(45,46)47/h7-24,31-40H,1-6,29-30H2,(H,41,42)(H,43,44)(H2,45,46,47)(H2,48,49,50)/t7-,8-,9-,10-,11-,12-,13-,14-,15-,16-,17-,18-,19-,20-,21-,22-,23+,24-,27-,28-/m1/s1. The summed E-state index contributed by atoms with van der Waals surface area (Å²) in [5.41, 5.74) is 11.5. The first-order chi connectivity index (χ1) is 28.1. The second-order valence-electron chi connectivity index (χ2n) is 14.4. The van der Waals surface area contributed by atoms with Crippen LogP contribution in [0.4, 0.5) is 0 Å². The zero-order valence-electron chi connectivity index (χ0n) is 31.1. The molecule has 0 spiro atoms. The Morgan fingerprint density at radius 2 is 1.33 bits per heavy atom. The monoisotopic (exact) mass is 940 g/mol. The van der Waals surface area contributed by atoms with Crippen molar-refractivity contribution in [3.05, 3.63) is 0 Å². The minimum Gasteiger partial charge on any atom is -0.477 e. The van der Waals surface area contributed by atoms with E-state index in [9.17, 15) is 99.6 Å². The van der Waals surface area contributed by atoms with E-state index in [1.165, 1.54) is 0 Å². The molecule has 20 N–H and O–H groups in total. The topological polar surface area (TPSA) is 527 Å². The maximum absolute atomic E-state index is 13.0. The van der Waals surface area contributed by atoms with Gasteiger partial charge in [-0.15, -0.1) is 0 Å². The Morgan fingerprint density at radius 1 is 0.721 bits per heavy atom. The molecule has 4 aliphatic heterocycles. The summed E-state index contributed by atoms with van der Waals surface area (Å²) in [6, 6.07) is -3.23. The first-order valence-corrected chi connectivity index (χ1v) is 20.9. The predicted octanol–water partition coefficient (Wildman–Crippen LogP) is -9.89. The van der Waals surface area contributed by atoms with Gasteiger partial charge in [-0.25, -0.2) is 18.7 Å². The van der Waals surface area contributed by atoms with E-state index in [0.29, 0.717) is 0 Å². The highest BCUT2D eigenvalue weighted by molar-refractivity contribution is 7.46. The van der Waals surface area contributed by atoms with Gasteiger partial charge in [0.05, 0.1) is 50.7 Å². The molecule has 0 aromatic rings. The van der Waals surface area contributed by atoms with Gasteiger partial charge in [-0.05, 0) is 0 Å². The lowest BCUT2D eigenvalue weighted by Crippen LogP contribution is -2.68. The van der Waals surface area contributed by atoms with Crippen LogP contribution in [0.2, 0.25) is 0 Å². The van der Waals surface area contributed by atoms with E-state index in [-0.39, 0.29) is 0 Å². The largest absolute Gasteiger partial charge is 0.477 e. The minimum atomic E-state index is -5.58. The fourth-order valence-corrected chi connectivity index (χ4v) is 8.02. The van der Waals surface area contributed by atoms with E-state index in [0.717, 1.165) is 0 Å². The van der Waals surface area contributed by atoms with Gasteiger partial charge in [0.1, 0.15) is 73.2 Å². The molecule has 20 atom stereocenters. The molecule has 4 heterocycles. The maximum Gasteiger partial charge on any atom is 0.470 e. The van der Waals surface area contributed by atoms with Gasteiger partial charge in [0.15, 0.2) is 12.6 Å². The van der Waals surface area contributed by atoms with Crippen molar-refractivity contribution in [2.45, 2.75) is 135 Å². The summed E-state index contributed by atoms with van der Waals surface area (Å²) in [5.74, 6) is -11.0. The Kier molecular flexibility index (Phi) is 17.3. The van der Waals surface area contributed by atoms with Crippen molar-refractivity contribution in [3.8, 4) is 0 Å². The van der Waals surface area contributed by atoms with Crippen LogP contribution in [0.25, 0.3) is 0 Å². The SMILES string of the molecule is N[C@@H]1[C@@H](O)[C@H](O)[C@@H](CO[C@@H]2O[C@H](CO[C@]3(C(=O)O)C[C@@H](O[C@]4(C(=O)O)C[C@@H](O)[C@@H](O)[C@@H]([C@@H](CO)OP(=O)(O)O)O4)[C@@H](O)[C@@H]([C@H](O)CO)O3)[C@@H](OP(=O)(O)O)[C@H](O)[C@H]2N)O[C@@H]1O. The van der Waals surface area contributed by atoms with Crippen molar-refractivity contribution >= 4 is 27.6 Å². The first-order valence-electron chi connectivity index (χ1n) is 17.8. The molecule has 0 radical (unpaired) electrons. The van der Waals surface area contributed by atoms with E-state index in [1.807, 2.05) is 0 Å². The first kappa shape index (κ1) is 52.0. The average Bonchev–Trinajstić information content (AvgIpc) is 3.17. The number of hydrogen-bond donors (Lipinski definition) is 18. The van der Waals surface area contributed by atoms with E-state index >= 15 is 0 Å². The number of nitrogens with two attached hydrogens (primary N) is 2. The van der Waals surface area contributed by atoms with Crippen LogP contribution in [-0.4, -0.2) is 241 Å². The van der Waals surface area contributed by atoms with Gasteiger partial charge >= 0.3 is 27.6 Å². The zero-order valence-corrected chi connectivity index (χ0v) is 32.9. The number of hydrogen-bond acceptors (Lipinski definition) is 25. The van der Waals surface area contributed by atoms with Gasteiger partial charge in [-0.3, -0.25) is 9.05 Å². The number of rotatable bonds is 18. The molecule has 4 rings (SSSR count). The molecule has 0 bridgehead atoms. The molecule has 0 unspecified atom stereocenters. The second-order valence-corrected chi connectivity index (χ2v) is 16.8. The van der Waals surface area contributed by atoms with Gasteiger partial charge in [0.25, 0.3) is 11.6 Å². The summed E-state index contributed by atoms with van der Waals surface area (Å²) in [6.45, 7) is -4.75. The van der Waals surface area contributed by atoms with E-state index in [2.05, 4.69) is 9.05 Å². The second kappa shape index (κ2) is 20.3. The summed E-state index contributed by atoms with van der Waals surface area (Å²) in [7, 11) is -11.1. The Labute approximate surface area is 341 Å². The van der Waals surface area contributed by atoms with Crippen molar-refractivity contribution < 1.29 is 142 Å². The number of carboxylic acids is 2. The van der Waals surface area contributed by atoms with E-state index in [4.69, 9.17) is 44.6 Å². The maximum atomic E-state index is 13.0. The minimum absolute atomic E-state index is 0.783. The summed E-state index contributed by atoms with van der Waals surface area (Å²) in [4.78, 5) is 63.5. The Bertz CT molecular complexity index is 1590. The van der Waals surface area contributed by atoms with Crippen LogP contribution in [0, 0.1) is 0 Å². The lowest BCUT2D eigenvalue weighted by Gasteiger charge is -2.50. The third kappa shape index (κ3) is 12.0. The average molecular weight is 941 g/mol. The number of aliphatic hydroxyl groups is 10. The van der Waals surface area contributed by atoms with Crippen LogP contribution in [0.5, 0.6) is 0 Å². The van der Waals surface area contributed by atoms with Gasteiger partial charge in [-0.1, -0.05) is 0 Å². The normalized spacial score (nSPS) is 43.7. The van der Waals surface area contributed by atoms with Crippen LogP contribution in [0.1, 0.15) is 12.8 Å². The molecule has 0 saturated carbocycles. The molecule has 61 heavy (non-hydrogen) atoms. The molecule has 0 aromatic heterocycles. The van der Waals surface area contributed by atoms with Gasteiger partial charge in [0, 0.05) is 12.8 Å². The summed E-state index contributed by atoms with van der Waals surface area (Å²) >= 11 is 0. The summed E-state index contributed by atoms with van der Waals surface area (Å²) in [5, 5.41) is 125. The lowest BCUT2D eigenvalue weighted by atomic mass is 9.90. The molecule has 356 valence electrons. The molecule has 0 aromatic carbocycles. The lowest BCUT2D eigenvalue weighted by molar-refractivity contribution is -0.377. The summed E-state index contributed by atoms with van der Waals surface area (Å²) in [6.07, 6.45) is -36.2. The van der Waals surface area contributed by atoms with Crippen molar-refractivity contribution in [1.29, 1.82) is 0 Å². The molecule has 4 fully saturated rings. The number of phosphoric ester groups is 2. The molecule has 0 aliphatic carbocycles. The molecule has 0 amide bonds. The Morgan fingerprint density at radius 3 is 1.87 bits per heavy atom. The zero-order chi connectivity index (χ0) is 46.2. The van der Waals surface area contributed by atoms with Gasteiger partial charge < -0.3 is 125 Å². The highest BCUT2D eigenvalue weighted by atomic mass is 31.2. The van der Waals surface area contributed by atoms with Crippen LogP contribution in [-0.2, 0) is 60.9 Å². The molecule has 4 saturated heterocycles. The summed E-state index contributed by atoms with van der Waals surface area (Å²) < 4.78 is 70.5. The molecule has 33 heteroatoms. The molecule has 31 nitrogen and oxygen atoms in total. The predicted molar refractivity (Wildman–Crippen MR) is 182 cm³/mol. The highest BCUT2D eigenvalue weighted by Gasteiger charge is 2.62. The van der Waals surface area contributed by atoms with Gasteiger partial charge in [-0.2, -0.15) is 0 Å². The molecular weight excluding hydrogens is 890 g/mol. The number of carbonyl (C=O) groups is 2. The number of aliphatic carboxylic acids is 2. The number of aliphatic hydroxyl groups excluding tert-OH is 10. The third-order valence-electron chi connectivity index (χ3n) is 10.1. The van der Waals surface area contributed by atoms with Crippen LogP contribution < -0.4 is 11.5 Å². The van der Waals surface area contributed by atoms with Crippen LogP contribution in [0.3, 0.4) is 0 Å². The van der Waals surface area contributed by atoms with Crippen molar-refractivity contribution in [1.82, 2.24) is 0 Å². The molecular formula is C28H50N2O29P2.